The van der Waals surface area contributed by atoms with Gasteiger partial charge >= 0.3 is 0 Å². The molecule has 0 aliphatic heterocycles. The van der Waals surface area contributed by atoms with Gasteiger partial charge in [0.1, 0.15) is 18.0 Å². The lowest BCUT2D eigenvalue weighted by Gasteiger charge is -2.12. The average Bonchev–Trinajstić information content (AvgIpc) is 3.53. The highest BCUT2D eigenvalue weighted by atomic mass is 16.5. The molecular formula is C26H24N4O3. The lowest BCUT2D eigenvalue weighted by molar-refractivity contribution is 0.0952. The summed E-state index contributed by atoms with van der Waals surface area (Å²) in [5.41, 5.74) is 4.16. The predicted octanol–water partition coefficient (Wildman–Crippen LogP) is 4.37. The Bertz CT molecular complexity index is 1340. The summed E-state index contributed by atoms with van der Waals surface area (Å²) in [7, 11) is 0. The number of aryl methyl sites for hydroxylation is 1. The zero-order valence-electron chi connectivity index (χ0n) is 18.2. The first-order chi connectivity index (χ1) is 16.1. The molecule has 166 valence electrons. The Hall–Kier alpha value is -4.13. The van der Waals surface area contributed by atoms with Gasteiger partial charge in [0, 0.05) is 24.0 Å². The van der Waals surface area contributed by atoms with E-state index < -0.39 is 0 Å². The van der Waals surface area contributed by atoms with Crippen molar-refractivity contribution in [3.8, 4) is 5.75 Å². The van der Waals surface area contributed by atoms with Crippen molar-refractivity contribution < 1.29 is 14.3 Å². The van der Waals surface area contributed by atoms with Gasteiger partial charge in [0.2, 0.25) is 0 Å². The van der Waals surface area contributed by atoms with Gasteiger partial charge in [0.05, 0.1) is 16.9 Å². The van der Waals surface area contributed by atoms with Crippen molar-refractivity contribution in [3.63, 3.8) is 0 Å². The minimum atomic E-state index is -0.310. The Labute approximate surface area is 191 Å². The molecule has 7 nitrogen and oxygen atoms in total. The molecule has 1 saturated carbocycles. The number of carbonyl (C=O) groups is 2. The number of nitrogens with one attached hydrogen (secondary N) is 2. The van der Waals surface area contributed by atoms with Gasteiger partial charge in [-0.15, -0.1) is 0 Å². The molecule has 1 fully saturated rings. The number of ether oxygens (including phenoxy) is 1. The van der Waals surface area contributed by atoms with E-state index in [1.165, 1.54) is 0 Å². The van der Waals surface area contributed by atoms with E-state index in [-0.39, 0.29) is 24.5 Å². The van der Waals surface area contributed by atoms with Crippen molar-refractivity contribution in [1.82, 2.24) is 14.7 Å². The van der Waals surface area contributed by atoms with Crippen molar-refractivity contribution >= 4 is 23.1 Å². The van der Waals surface area contributed by atoms with Crippen LogP contribution < -0.4 is 15.4 Å². The first-order valence-electron chi connectivity index (χ1n) is 10.9. The summed E-state index contributed by atoms with van der Waals surface area (Å²) in [6.45, 7) is 2.30. The maximum atomic E-state index is 12.9. The van der Waals surface area contributed by atoms with Gasteiger partial charge < -0.3 is 19.8 Å². The highest BCUT2D eigenvalue weighted by molar-refractivity contribution is 6.09. The van der Waals surface area contributed by atoms with Crippen LogP contribution in [0.1, 0.15) is 44.8 Å². The number of aromatic nitrogens is 2. The quantitative estimate of drug-likeness (QED) is 0.447. The Kier molecular flexibility index (Phi) is 5.52. The molecule has 33 heavy (non-hydrogen) atoms. The number of hydrogen-bond donors (Lipinski definition) is 2. The van der Waals surface area contributed by atoms with Gasteiger partial charge in [-0.3, -0.25) is 9.59 Å². The summed E-state index contributed by atoms with van der Waals surface area (Å²) in [6.07, 6.45) is 5.89. The second-order valence-electron chi connectivity index (χ2n) is 8.22. The van der Waals surface area contributed by atoms with E-state index >= 15 is 0 Å². The molecule has 0 saturated heterocycles. The topological polar surface area (TPSA) is 84.7 Å². The number of amides is 2. The molecule has 7 heteroatoms. The fraction of sp³-hybridized carbons (Fsp3) is 0.192. The summed E-state index contributed by atoms with van der Waals surface area (Å²) in [5, 5.41) is 5.82. The number of para-hydroxylation sites is 1. The number of fused-ring (bicyclic) bond motifs is 1. The molecule has 0 spiro atoms. The average molecular weight is 441 g/mol. The number of hydrogen-bond acceptors (Lipinski definition) is 4. The molecule has 0 bridgehead atoms. The van der Waals surface area contributed by atoms with Gasteiger partial charge in [-0.25, -0.2) is 4.98 Å². The molecule has 0 atom stereocenters. The molecule has 1 aliphatic carbocycles. The number of rotatable bonds is 7. The third-order valence-electron chi connectivity index (χ3n) is 5.54. The smallest absolute Gasteiger partial charge is 0.255 e. The van der Waals surface area contributed by atoms with Gasteiger partial charge in [-0.1, -0.05) is 24.3 Å². The first kappa shape index (κ1) is 20.8. The van der Waals surface area contributed by atoms with Crippen LogP contribution in [0.2, 0.25) is 0 Å². The molecule has 2 amide bonds. The standard InChI is InChI=1S/C26H24N4O3/c1-17-6-5-13-30-15-20(27-24(17)30)16-33-21-8-4-7-18(14-21)25(31)29-23-10-3-2-9-22(23)26(32)28-19-11-12-19/h2-10,13-15,19H,11-12,16H2,1H3,(H,28,32)(H,29,31). The van der Waals surface area contributed by atoms with Crippen LogP contribution in [0.25, 0.3) is 5.65 Å². The van der Waals surface area contributed by atoms with Crippen LogP contribution >= 0.6 is 0 Å². The summed E-state index contributed by atoms with van der Waals surface area (Å²) in [4.78, 5) is 30.0. The highest BCUT2D eigenvalue weighted by Gasteiger charge is 2.25. The second-order valence-corrected chi connectivity index (χ2v) is 8.22. The molecule has 4 aromatic rings. The lowest BCUT2D eigenvalue weighted by Crippen LogP contribution is -2.27. The summed E-state index contributed by atoms with van der Waals surface area (Å²) in [5.74, 6) is 0.0832. The van der Waals surface area contributed by atoms with E-state index in [2.05, 4.69) is 15.6 Å². The molecule has 0 unspecified atom stereocenters. The van der Waals surface area contributed by atoms with E-state index in [0.717, 1.165) is 29.7 Å². The molecule has 0 radical (unpaired) electrons. The zero-order chi connectivity index (χ0) is 22.8. The fourth-order valence-electron chi connectivity index (χ4n) is 3.63. The largest absolute Gasteiger partial charge is 0.487 e. The van der Waals surface area contributed by atoms with Crippen LogP contribution in [0.3, 0.4) is 0 Å². The van der Waals surface area contributed by atoms with E-state index in [1.807, 2.05) is 35.9 Å². The maximum absolute atomic E-state index is 12.9. The molecule has 2 aromatic heterocycles. The number of pyridine rings is 1. The third kappa shape index (κ3) is 4.72. The zero-order valence-corrected chi connectivity index (χ0v) is 18.2. The van der Waals surface area contributed by atoms with Crippen molar-refractivity contribution in [2.45, 2.75) is 32.4 Å². The minimum absolute atomic E-state index is 0.173. The molecular weight excluding hydrogens is 416 g/mol. The van der Waals surface area contributed by atoms with Gasteiger partial charge in [-0.2, -0.15) is 0 Å². The number of imidazole rings is 1. The van der Waals surface area contributed by atoms with Crippen molar-refractivity contribution in [1.29, 1.82) is 0 Å². The van der Waals surface area contributed by atoms with Crippen molar-refractivity contribution in [3.05, 3.63) is 95.4 Å². The SMILES string of the molecule is Cc1cccn2cc(COc3cccc(C(=O)Nc4ccccc4C(=O)NC4CC4)c3)nc12. The number of nitrogens with zero attached hydrogens (tertiary/aromatic N) is 2. The fourth-order valence-corrected chi connectivity index (χ4v) is 3.63. The third-order valence-corrected chi connectivity index (χ3v) is 5.54. The molecule has 2 heterocycles. The van der Waals surface area contributed by atoms with Crippen LogP contribution in [0.5, 0.6) is 5.75 Å². The van der Waals surface area contributed by atoms with E-state index in [9.17, 15) is 9.59 Å². The van der Waals surface area contributed by atoms with Crippen molar-refractivity contribution in [2.24, 2.45) is 0 Å². The number of carbonyl (C=O) groups excluding carboxylic acids is 2. The van der Waals surface area contributed by atoms with E-state index in [0.29, 0.717) is 22.6 Å². The summed E-state index contributed by atoms with van der Waals surface area (Å²) >= 11 is 0. The normalized spacial score (nSPS) is 13.0. The number of benzene rings is 2. The van der Waals surface area contributed by atoms with Crippen LogP contribution in [-0.2, 0) is 6.61 Å². The van der Waals surface area contributed by atoms with Gasteiger partial charge in [-0.05, 0) is 61.7 Å². The minimum Gasteiger partial charge on any atom is -0.487 e. The molecule has 2 aromatic carbocycles. The summed E-state index contributed by atoms with van der Waals surface area (Å²) in [6, 6.07) is 18.2. The van der Waals surface area contributed by atoms with Gasteiger partial charge in [0.25, 0.3) is 11.8 Å². The van der Waals surface area contributed by atoms with E-state index in [1.54, 1.807) is 48.5 Å². The Morgan fingerprint density at radius 3 is 2.73 bits per heavy atom. The number of anilines is 1. The van der Waals surface area contributed by atoms with Crippen LogP contribution in [-0.4, -0.2) is 27.2 Å². The summed E-state index contributed by atoms with van der Waals surface area (Å²) < 4.78 is 7.86. The first-order valence-corrected chi connectivity index (χ1v) is 10.9. The Morgan fingerprint density at radius 1 is 1.06 bits per heavy atom. The predicted molar refractivity (Wildman–Crippen MR) is 126 cm³/mol. The maximum Gasteiger partial charge on any atom is 0.255 e. The highest BCUT2D eigenvalue weighted by Crippen LogP contribution is 2.23. The molecule has 2 N–H and O–H groups in total. The van der Waals surface area contributed by atoms with E-state index in [4.69, 9.17) is 4.74 Å². The second kappa shape index (κ2) is 8.78. The van der Waals surface area contributed by atoms with Crippen LogP contribution in [0.15, 0.2) is 73.1 Å². The van der Waals surface area contributed by atoms with Crippen LogP contribution in [0.4, 0.5) is 5.69 Å². The van der Waals surface area contributed by atoms with Crippen molar-refractivity contribution in [2.75, 3.05) is 5.32 Å². The monoisotopic (exact) mass is 440 g/mol. The Morgan fingerprint density at radius 2 is 1.91 bits per heavy atom. The van der Waals surface area contributed by atoms with Crippen LogP contribution in [0, 0.1) is 6.92 Å². The molecule has 1 aliphatic rings. The lowest BCUT2D eigenvalue weighted by atomic mass is 10.1. The van der Waals surface area contributed by atoms with Gasteiger partial charge in [0.15, 0.2) is 0 Å². The Balaban J connectivity index is 1.27. The molecule has 5 rings (SSSR count).